The molecule has 0 aromatic carbocycles. The van der Waals surface area contributed by atoms with Gasteiger partial charge in [0.1, 0.15) is 24.4 Å². The van der Waals surface area contributed by atoms with Crippen molar-refractivity contribution in [3.63, 3.8) is 0 Å². The zero-order valence-electron chi connectivity index (χ0n) is 12.3. The Labute approximate surface area is 115 Å². The monoisotopic (exact) mass is 274 g/mol. The fraction of sp³-hybridized carbons (Fsp3) is 1.00. The summed E-state index contributed by atoms with van der Waals surface area (Å²) in [7, 11) is 0. The molecule has 0 saturated carbocycles. The molecule has 2 heterocycles. The molecule has 2 rings (SSSR count). The van der Waals surface area contributed by atoms with Crippen LogP contribution in [0, 0.1) is 0 Å². The summed E-state index contributed by atoms with van der Waals surface area (Å²) in [4.78, 5) is 0. The van der Waals surface area contributed by atoms with Gasteiger partial charge in [0.2, 0.25) is 0 Å². The topological polar surface area (TPSA) is 52.8 Å². The second kappa shape index (κ2) is 6.99. The smallest absolute Gasteiger partial charge is 0.112 e. The number of epoxide rings is 2. The van der Waals surface area contributed by atoms with E-state index in [4.69, 9.17) is 23.7 Å². The van der Waals surface area contributed by atoms with Crippen LogP contribution in [0.25, 0.3) is 0 Å². The van der Waals surface area contributed by atoms with Crippen LogP contribution in [0.15, 0.2) is 0 Å². The van der Waals surface area contributed by atoms with Crippen LogP contribution < -0.4 is 0 Å². The first kappa shape index (κ1) is 15.2. The van der Waals surface area contributed by atoms with Crippen molar-refractivity contribution in [1.82, 2.24) is 0 Å². The summed E-state index contributed by atoms with van der Waals surface area (Å²) in [5, 5.41) is 0. The minimum atomic E-state index is 0.154. The van der Waals surface area contributed by atoms with E-state index in [1.165, 1.54) is 0 Å². The first-order chi connectivity index (χ1) is 9.17. The van der Waals surface area contributed by atoms with E-state index in [1.807, 2.05) is 27.7 Å². The van der Waals surface area contributed by atoms with Crippen LogP contribution in [0.3, 0.4) is 0 Å². The summed E-state index contributed by atoms with van der Waals surface area (Å²) >= 11 is 0. The second-order valence-corrected chi connectivity index (χ2v) is 5.14. The highest BCUT2D eigenvalue weighted by Gasteiger charge is 2.46. The zero-order valence-corrected chi connectivity index (χ0v) is 12.3. The van der Waals surface area contributed by atoms with Crippen LogP contribution in [0.1, 0.15) is 27.7 Å². The van der Waals surface area contributed by atoms with Gasteiger partial charge < -0.3 is 23.7 Å². The summed E-state index contributed by atoms with van der Waals surface area (Å²) < 4.78 is 27.7. The Morgan fingerprint density at radius 2 is 1.26 bits per heavy atom. The molecule has 2 fully saturated rings. The minimum absolute atomic E-state index is 0.154. The largest absolute Gasteiger partial charge is 0.376 e. The molecule has 0 spiro atoms. The van der Waals surface area contributed by atoms with Crippen molar-refractivity contribution in [3.8, 4) is 0 Å². The van der Waals surface area contributed by atoms with Gasteiger partial charge >= 0.3 is 0 Å². The van der Waals surface area contributed by atoms with Crippen LogP contribution in [-0.4, -0.2) is 63.1 Å². The van der Waals surface area contributed by atoms with E-state index in [0.29, 0.717) is 13.2 Å². The molecule has 0 radical (unpaired) electrons. The van der Waals surface area contributed by atoms with Gasteiger partial charge in [0.25, 0.3) is 0 Å². The minimum Gasteiger partial charge on any atom is -0.376 e. The Bertz CT molecular complexity index is 247. The molecule has 0 aliphatic carbocycles. The fourth-order valence-corrected chi connectivity index (χ4v) is 2.42. The second-order valence-electron chi connectivity index (χ2n) is 5.14. The molecule has 2 aliphatic rings. The first-order valence-corrected chi connectivity index (χ1v) is 7.29. The predicted molar refractivity (Wildman–Crippen MR) is 70.3 cm³/mol. The summed E-state index contributed by atoms with van der Waals surface area (Å²) in [6.45, 7) is 10.8. The van der Waals surface area contributed by atoms with Gasteiger partial charge in [-0.15, -0.1) is 0 Å². The van der Waals surface area contributed by atoms with Crippen LogP contribution in [0.4, 0.5) is 0 Å². The number of rotatable bonds is 10. The average Bonchev–Trinajstić information content (AvgIpc) is 3.24. The van der Waals surface area contributed by atoms with Crippen molar-refractivity contribution >= 4 is 0 Å². The van der Waals surface area contributed by atoms with Crippen molar-refractivity contribution in [2.75, 3.05) is 26.4 Å². The molecule has 112 valence electrons. The maximum atomic E-state index is 5.64. The van der Waals surface area contributed by atoms with Gasteiger partial charge in [-0.3, -0.25) is 0 Å². The molecular weight excluding hydrogens is 248 g/mol. The van der Waals surface area contributed by atoms with E-state index in [-0.39, 0.29) is 36.6 Å². The van der Waals surface area contributed by atoms with Gasteiger partial charge in [-0.1, -0.05) is 0 Å². The lowest BCUT2D eigenvalue weighted by Gasteiger charge is -2.08. The molecule has 19 heavy (non-hydrogen) atoms. The van der Waals surface area contributed by atoms with E-state index in [0.717, 1.165) is 13.2 Å². The molecule has 6 atom stereocenters. The van der Waals surface area contributed by atoms with Crippen molar-refractivity contribution in [2.45, 2.75) is 64.3 Å². The van der Waals surface area contributed by atoms with Crippen LogP contribution in [-0.2, 0) is 23.7 Å². The quantitative estimate of drug-likeness (QED) is 0.563. The molecule has 2 aliphatic heterocycles. The predicted octanol–water partition coefficient (Wildman–Crippen LogP) is 1.39. The molecule has 0 bridgehead atoms. The molecule has 0 amide bonds. The molecule has 6 unspecified atom stereocenters. The molecule has 5 nitrogen and oxygen atoms in total. The van der Waals surface area contributed by atoms with E-state index < -0.39 is 0 Å². The summed E-state index contributed by atoms with van der Waals surface area (Å²) in [5.74, 6) is 0. The van der Waals surface area contributed by atoms with Gasteiger partial charge in [-0.05, 0) is 27.7 Å². The molecule has 0 aromatic rings. The zero-order chi connectivity index (χ0) is 13.8. The molecule has 5 heteroatoms. The normalized spacial score (nSPS) is 36.0. The highest BCUT2D eigenvalue weighted by Crippen LogP contribution is 2.30. The molecule has 0 N–H and O–H groups in total. The maximum absolute atomic E-state index is 5.64. The Morgan fingerprint density at radius 1 is 0.842 bits per heavy atom. The van der Waals surface area contributed by atoms with Crippen molar-refractivity contribution in [3.05, 3.63) is 0 Å². The average molecular weight is 274 g/mol. The third-order valence-electron chi connectivity index (χ3n) is 3.59. The van der Waals surface area contributed by atoms with Crippen molar-refractivity contribution < 1.29 is 23.7 Å². The number of hydrogen-bond acceptors (Lipinski definition) is 5. The molecule has 2 saturated heterocycles. The lowest BCUT2D eigenvalue weighted by atomic mass is 10.2. The highest BCUT2D eigenvalue weighted by atomic mass is 16.7. The van der Waals surface area contributed by atoms with Gasteiger partial charge in [-0.25, -0.2) is 0 Å². The first-order valence-electron chi connectivity index (χ1n) is 7.29. The van der Waals surface area contributed by atoms with Gasteiger partial charge in [0.15, 0.2) is 0 Å². The Balaban J connectivity index is 1.50. The van der Waals surface area contributed by atoms with Gasteiger partial charge in [0, 0.05) is 13.2 Å². The van der Waals surface area contributed by atoms with E-state index in [9.17, 15) is 0 Å². The Hall–Kier alpha value is -0.200. The fourth-order valence-electron chi connectivity index (χ4n) is 2.42. The Kier molecular flexibility index (Phi) is 5.59. The summed E-state index contributed by atoms with van der Waals surface area (Å²) in [5.41, 5.74) is 0. The van der Waals surface area contributed by atoms with Crippen molar-refractivity contribution in [2.24, 2.45) is 0 Å². The van der Waals surface area contributed by atoms with Gasteiger partial charge in [-0.2, -0.15) is 0 Å². The lowest BCUT2D eigenvalue weighted by Crippen LogP contribution is -2.21. The van der Waals surface area contributed by atoms with Gasteiger partial charge in [0.05, 0.1) is 25.4 Å². The number of hydrogen-bond donors (Lipinski definition) is 0. The maximum Gasteiger partial charge on any atom is 0.112 e. The molecule has 0 aromatic heterocycles. The van der Waals surface area contributed by atoms with Crippen LogP contribution in [0.2, 0.25) is 0 Å². The standard InChI is InChI=1S/C14H26O5/c1-5-16-9(3)13-11(18-13)7-15-8-12-14(19-12)10(4)17-6-2/h9-14H,5-8H2,1-4H3. The van der Waals surface area contributed by atoms with Crippen LogP contribution in [0.5, 0.6) is 0 Å². The van der Waals surface area contributed by atoms with Crippen molar-refractivity contribution in [1.29, 1.82) is 0 Å². The third-order valence-corrected chi connectivity index (χ3v) is 3.59. The SMILES string of the molecule is CCOC(C)C1OC1COCC1OC1C(C)OCC. The summed E-state index contributed by atoms with van der Waals surface area (Å²) in [6.07, 6.45) is 1.06. The van der Waals surface area contributed by atoms with E-state index in [1.54, 1.807) is 0 Å². The third kappa shape index (κ3) is 4.39. The Morgan fingerprint density at radius 3 is 1.63 bits per heavy atom. The highest BCUT2D eigenvalue weighted by molar-refractivity contribution is 4.92. The lowest BCUT2D eigenvalue weighted by molar-refractivity contribution is 0.0548. The van der Waals surface area contributed by atoms with E-state index in [2.05, 4.69) is 0 Å². The molecular formula is C14H26O5. The summed E-state index contributed by atoms with van der Waals surface area (Å²) in [6, 6.07) is 0. The van der Waals surface area contributed by atoms with Crippen LogP contribution >= 0.6 is 0 Å². The number of ether oxygens (including phenoxy) is 5. The van der Waals surface area contributed by atoms with E-state index >= 15 is 0 Å².